The average molecular weight is 208 g/mol. The minimum atomic E-state index is 0.814. The van der Waals surface area contributed by atoms with Crippen LogP contribution in [0.25, 0.3) is 0 Å². The van der Waals surface area contributed by atoms with Crippen molar-refractivity contribution < 1.29 is 0 Å². The first-order chi connectivity index (χ1) is 7.31. The number of rotatable bonds is 3. The van der Waals surface area contributed by atoms with Crippen LogP contribution in [0, 0.1) is 0 Å². The Morgan fingerprint density at radius 2 is 1.93 bits per heavy atom. The quantitative estimate of drug-likeness (QED) is 0.703. The van der Waals surface area contributed by atoms with E-state index >= 15 is 0 Å². The molecule has 0 aromatic rings. The second-order valence-electron chi connectivity index (χ2n) is 4.90. The van der Waals surface area contributed by atoms with Crippen LogP contribution in [-0.2, 0) is 0 Å². The molecule has 1 unspecified atom stereocenters. The molecule has 0 spiro atoms. The Labute approximate surface area is 93.9 Å². The van der Waals surface area contributed by atoms with Crippen molar-refractivity contribution >= 4 is 0 Å². The predicted molar refractivity (Wildman–Crippen MR) is 64.8 cm³/mol. The average Bonchev–Trinajstić information content (AvgIpc) is 2.78. The zero-order valence-corrected chi connectivity index (χ0v) is 10.0. The number of likely N-dealkylation sites (tertiary alicyclic amines) is 2. The zero-order valence-electron chi connectivity index (χ0n) is 10.0. The maximum atomic E-state index is 4.14. The first-order valence-corrected chi connectivity index (χ1v) is 6.48. The summed E-state index contributed by atoms with van der Waals surface area (Å²) in [6.07, 6.45) is 6.71. The maximum absolute atomic E-state index is 4.14. The molecular weight excluding hydrogens is 184 g/mol. The zero-order chi connectivity index (χ0) is 10.7. The minimum Gasteiger partial charge on any atom is -0.374 e. The minimum absolute atomic E-state index is 0.814. The lowest BCUT2D eigenvalue weighted by Crippen LogP contribution is -2.40. The van der Waals surface area contributed by atoms with Crippen LogP contribution in [0.5, 0.6) is 0 Å². The number of hydrogen-bond donors (Lipinski definition) is 0. The highest BCUT2D eigenvalue weighted by molar-refractivity contribution is 4.99. The van der Waals surface area contributed by atoms with Crippen molar-refractivity contribution in [3.8, 4) is 0 Å². The van der Waals surface area contributed by atoms with Gasteiger partial charge in [0.25, 0.3) is 0 Å². The Kier molecular flexibility index (Phi) is 3.68. The molecule has 2 heteroatoms. The second-order valence-corrected chi connectivity index (χ2v) is 4.90. The SMILES string of the molecule is C=C(CC)N1CCC(N2CCCCC2)C1. The summed E-state index contributed by atoms with van der Waals surface area (Å²) < 4.78 is 0. The van der Waals surface area contributed by atoms with Gasteiger partial charge in [-0.15, -0.1) is 0 Å². The molecule has 2 fully saturated rings. The number of piperidine rings is 1. The number of allylic oxidation sites excluding steroid dienone is 1. The molecule has 0 amide bonds. The second kappa shape index (κ2) is 5.02. The summed E-state index contributed by atoms with van der Waals surface area (Å²) in [5, 5.41) is 0. The van der Waals surface area contributed by atoms with Gasteiger partial charge in [-0.2, -0.15) is 0 Å². The normalized spacial score (nSPS) is 28.3. The van der Waals surface area contributed by atoms with E-state index < -0.39 is 0 Å². The lowest BCUT2D eigenvalue weighted by atomic mass is 10.1. The molecule has 2 rings (SSSR count). The molecule has 2 aliphatic rings. The predicted octanol–water partition coefficient (Wildman–Crippen LogP) is 2.47. The Balaban J connectivity index is 1.83. The van der Waals surface area contributed by atoms with Crippen molar-refractivity contribution in [2.24, 2.45) is 0 Å². The highest BCUT2D eigenvalue weighted by Crippen LogP contribution is 2.22. The Bertz CT molecular complexity index is 219. The van der Waals surface area contributed by atoms with Crippen LogP contribution in [0.15, 0.2) is 12.3 Å². The van der Waals surface area contributed by atoms with Crippen LogP contribution in [-0.4, -0.2) is 42.0 Å². The Morgan fingerprint density at radius 1 is 1.20 bits per heavy atom. The molecule has 15 heavy (non-hydrogen) atoms. The van der Waals surface area contributed by atoms with Crippen molar-refractivity contribution in [3.63, 3.8) is 0 Å². The largest absolute Gasteiger partial charge is 0.374 e. The van der Waals surface area contributed by atoms with E-state index in [1.807, 2.05) is 0 Å². The molecule has 2 heterocycles. The first-order valence-electron chi connectivity index (χ1n) is 6.48. The molecule has 1 atom stereocenters. The topological polar surface area (TPSA) is 6.48 Å². The lowest BCUT2D eigenvalue weighted by Gasteiger charge is -2.32. The molecule has 0 radical (unpaired) electrons. The summed E-state index contributed by atoms with van der Waals surface area (Å²) in [4.78, 5) is 5.19. The maximum Gasteiger partial charge on any atom is 0.0331 e. The summed E-state index contributed by atoms with van der Waals surface area (Å²) in [6.45, 7) is 11.5. The van der Waals surface area contributed by atoms with Gasteiger partial charge in [0.2, 0.25) is 0 Å². The van der Waals surface area contributed by atoms with E-state index in [1.165, 1.54) is 57.6 Å². The molecule has 0 aliphatic carbocycles. The van der Waals surface area contributed by atoms with Gasteiger partial charge in [0.1, 0.15) is 0 Å². The van der Waals surface area contributed by atoms with Crippen molar-refractivity contribution in [3.05, 3.63) is 12.3 Å². The van der Waals surface area contributed by atoms with Gasteiger partial charge in [-0.25, -0.2) is 0 Å². The first kappa shape index (κ1) is 11.0. The number of hydrogen-bond acceptors (Lipinski definition) is 2. The highest BCUT2D eigenvalue weighted by atomic mass is 15.3. The van der Waals surface area contributed by atoms with Crippen LogP contribution in [0.3, 0.4) is 0 Å². The Morgan fingerprint density at radius 3 is 2.60 bits per heavy atom. The van der Waals surface area contributed by atoms with Gasteiger partial charge < -0.3 is 4.90 Å². The van der Waals surface area contributed by atoms with E-state index in [-0.39, 0.29) is 0 Å². The van der Waals surface area contributed by atoms with E-state index in [0.717, 1.165) is 12.5 Å². The van der Waals surface area contributed by atoms with E-state index in [0.29, 0.717) is 0 Å². The van der Waals surface area contributed by atoms with Gasteiger partial charge in [0.15, 0.2) is 0 Å². The van der Waals surface area contributed by atoms with Crippen molar-refractivity contribution in [2.75, 3.05) is 26.2 Å². The van der Waals surface area contributed by atoms with Gasteiger partial charge in [-0.3, -0.25) is 4.90 Å². The van der Waals surface area contributed by atoms with E-state index in [1.54, 1.807) is 0 Å². The summed E-state index contributed by atoms with van der Waals surface area (Å²) in [7, 11) is 0. The fourth-order valence-electron chi connectivity index (χ4n) is 2.83. The molecule has 0 N–H and O–H groups in total. The van der Waals surface area contributed by atoms with Crippen molar-refractivity contribution in [1.29, 1.82) is 0 Å². The van der Waals surface area contributed by atoms with Crippen LogP contribution in [0.2, 0.25) is 0 Å². The standard InChI is InChI=1S/C13H24N2/c1-3-12(2)15-10-7-13(11-15)14-8-5-4-6-9-14/h13H,2-11H2,1H3. The molecule has 0 aromatic carbocycles. The molecule has 2 nitrogen and oxygen atoms in total. The summed E-state index contributed by atoms with van der Waals surface area (Å²) in [5.74, 6) is 0. The van der Waals surface area contributed by atoms with Crippen molar-refractivity contribution in [2.45, 2.75) is 45.1 Å². The fourth-order valence-corrected chi connectivity index (χ4v) is 2.83. The Hall–Kier alpha value is -0.500. The molecule has 2 saturated heterocycles. The van der Waals surface area contributed by atoms with Crippen molar-refractivity contribution in [1.82, 2.24) is 9.80 Å². The van der Waals surface area contributed by atoms with Crippen LogP contribution < -0.4 is 0 Å². The van der Waals surface area contributed by atoms with Crippen LogP contribution in [0.1, 0.15) is 39.0 Å². The smallest absolute Gasteiger partial charge is 0.0331 e. The van der Waals surface area contributed by atoms with E-state index in [2.05, 4.69) is 23.3 Å². The monoisotopic (exact) mass is 208 g/mol. The lowest BCUT2D eigenvalue weighted by molar-refractivity contribution is 0.166. The summed E-state index contributed by atoms with van der Waals surface area (Å²) in [5.41, 5.74) is 1.33. The molecule has 0 saturated carbocycles. The van der Waals surface area contributed by atoms with Crippen LogP contribution >= 0.6 is 0 Å². The third-order valence-corrected chi connectivity index (χ3v) is 3.93. The summed E-state index contributed by atoms with van der Waals surface area (Å²) in [6, 6.07) is 0.814. The molecule has 86 valence electrons. The number of nitrogens with zero attached hydrogens (tertiary/aromatic N) is 2. The molecular formula is C13H24N2. The summed E-state index contributed by atoms with van der Waals surface area (Å²) >= 11 is 0. The van der Waals surface area contributed by atoms with Crippen LogP contribution in [0.4, 0.5) is 0 Å². The van der Waals surface area contributed by atoms with Gasteiger partial charge in [-0.05, 0) is 38.8 Å². The molecule has 0 bridgehead atoms. The fraction of sp³-hybridized carbons (Fsp3) is 0.846. The highest BCUT2D eigenvalue weighted by Gasteiger charge is 2.28. The molecule has 2 aliphatic heterocycles. The van der Waals surface area contributed by atoms with Gasteiger partial charge in [-0.1, -0.05) is 19.9 Å². The third kappa shape index (κ3) is 2.54. The van der Waals surface area contributed by atoms with Gasteiger partial charge in [0, 0.05) is 24.8 Å². The van der Waals surface area contributed by atoms with E-state index in [4.69, 9.17) is 0 Å². The van der Waals surface area contributed by atoms with E-state index in [9.17, 15) is 0 Å². The van der Waals surface area contributed by atoms with Gasteiger partial charge in [0.05, 0.1) is 0 Å². The third-order valence-electron chi connectivity index (χ3n) is 3.93. The molecule has 0 aromatic heterocycles. The van der Waals surface area contributed by atoms with Gasteiger partial charge >= 0.3 is 0 Å².